The molecule has 0 aromatic heterocycles. The van der Waals surface area contributed by atoms with Crippen LogP contribution in [0.15, 0.2) is 30.3 Å². The number of unbranched alkanes of at least 4 members (excludes halogenated alkanes) is 4. The first-order chi connectivity index (χ1) is 8.38. The lowest BCUT2D eigenvalue weighted by molar-refractivity contribution is 0.516. The van der Waals surface area contributed by atoms with E-state index in [4.69, 9.17) is 0 Å². The van der Waals surface area contributed by atoms with Crippen molar-refractivity contribution in [3.8, 4) is 0 Å². The molecule has 0 amide bonds. The van der Waals surface area contributed by atoms with Gasteiger partial charge in [0.25, 0.3) is 0 Å². The van der Waals surface area contributed by atoms with Gasteiger partial charge in [0.15, 0.2) is 0 Å². The van der Waals surface area contributed by atoms with Gasteiger partial charge in [0, 0.05) is 0 Å². The summed E-state index contributed by atoms with van der Waals surface area (Å²) in [5.41, 5.74) is 1.55. The van der Waals surface area contributed by atoms with E-state index >= 15 is 0 Å². The molecule has 0 nitrogen and oxygen atoms in total. The van der Waals surface area contributed by atoms with Gasteiger partial charge in [0.1, 0.15) is 0 Å². The highest BCUT2D eigenvalue weighted by molar-refractivity contribution is 5.19. The van der Waals surface area contributed by atoms with E-state index in [2.05, 4.69) is 44.2 Å². The molecular formula is C17H28. The molecule has 0 saturated heterocycles. The number of hydrogen-bond donors (Lipinski definition) is 0. The van der Waals surface area contributed by atoms with Crippen molar-refractivity contribution in [2.75, 3.05) is 0 Å². The average molecular weight is 232 g/mol. The van der Waals surface area contributed by atoms with Crippen LogP contribution in [-0.4, -0.2) is 0 Å². The van der Waals surface area contributed by atoms with Gasteiger partial charge >= 0.3 is 0 Å². The lowest BCUT2D eigenvalue weighted by Crippen LogP contribution is -1.98. The molecule has 0 bridgehead atoms. The van der Waals surface area contributed by atoms with E-state index in [1.165, 1.54) is 51.4 Å². The predicted octanol–water partition coefficient (Wildman–Crippen LogP) is 5.93. The first-order valence-electron chi connectivity index (χ1n) is 7.43. The van der Waals surface area contributed by atoms with Crippen molar-refractivity contribution in [3.63, 3.8) is 0 Å². The summed E-state index contributed by atoms with van der Waals surface area (Å²) in [6.07, 6.45) is 11.0. The van der Waals surface area contributed by atoms with Gasteiger partial charge < -0.3 is 0 Å². The minimum Gasteiger partial charge on any atom is -0.0654 e. The van der Waals surface area contributed by atoms with Crippen LogP contribution in [0.3, 0.4) is 0 Å². The zero-order chi connectivity index (χ0) is 12.3. The molecule has 0 saturated carbocycles. The van der Waals surface area contributed by atoms with E-state index in [-0.39, 0.29) is 0 Å². The van der Waals surface area contributed by atoms with Gasteiger partial charge in [0.2, 0.25) is 0 Å². The molecule has 1 atom stereocenters. The fourth-order valence-corrected chi connectivity index (χ4v) is 2.55. The van der Waals surface area contributed by atoms with Crippen LogP contribution in [0.1, 0.15) is 76.7 Å². The molecule has 0 spiro atoms. The highest BCUT2D eigenvalue weighted by Gasteiger charge is 2.09. The van der Waals surface area contributed by atoms with Crippen LogP contribution in [0.25, 0.3) is 0 Å². The molecule has 1 aromatic rings. The van der Waals surface area contributed by atoms with Crippen LogP contribution in [0.5, 0.6) is 0 Å². The average Bonchev–Trinajstić information content (AvgIpc) is 2.38. The van der Waals surface area contributed by atoms with Crippen molar-refractivity contribution in [1.82, 2.24) is 0 Å². The molecule has 0 heteroatoms. The number of rotatable bonds is 9. The minimum absolute atomic E-state index is 0.794. The summed E-state index contributed by atoms with van der Waals surface area (Å²) in [5, 5.41) is 0. The van der Waals surface area contributed by atoms with Crippen molar-refractivity contribution >= 4 is 0 Å². The maximum Gasteiger partial charge on any atom is -0.0162 e. The SMILES string of the molecule is CCCCCCC[C@H](CCC)c1ccccc1. The number of hydrogen-bond acceptors (Lipinski definition) is 0. The molecule has 1 rings (SSSR count). The van der Waals surface area contributed by atoms with Crippen LogP contribution < -0.4 is 0 Å². The summed E-state index contributed by atoms with van der Waals surface area (Å²) in [7, 11) is 0. The molecule has 0 unspecified atom stereocenters. The standard InChI is InChI=1S/C17H28/c1-3-5-6-7-9-13-16(12-4-2)17-14-10-8-11-15-17/h8,10-11,14-16H,3-7,9,12-13H2,1-2H3/t16-/m0/s1. The lowest BCUT2D eigenvalue weighted by Gasteiger charge is -2.16. The summed E-state index contributed by atoms with van der Waals surface area (Å²) in [5.74, 6) is 0.794. The molecule has 1 aromatic carbocycles. The van der Waals surface area contributed by atoms with Crippen molar-refractivity contribution in [3.05, 3.63) is 35.9 Å². The van der Waals surface area contributed by atoms with Crippen LogP contribution in [-0.2, 0) is 0 Å². The minimum atomic E-state index is 0.794. The topological polar surface area (TPSA) is 0 Å². The van der Waals surface area contributed by atoms with Gasteiger partial charge in [0.05, 0.1) is 0 Å². The number of benzene rings is 1. The third-order valence-corrected chi connectivity index (χ3v) is 3.56. The Kier molecular flexibility index (Phi) is 7.79. The van der Waals surface area contributed by atoms with Crippen molar-refractivity contribution < 1.29 is 0 Å². The Balaban J connectivity index is 2.33. The van der Waals surface area contributed by atoms with Crippen LogP contribution in [0.2, 0.25) is 0 Å². The van der Waals surface area contributed by atoms with Gasteiger partial charge in [-0.1, -0.05) is 82.7 Å². The Bertz CT molecular complexity index is 263. The lowest BCUT2D eigenvalue weighted by atomic mass is 9.89. The summed E-state index contributed by atoms with van der Waals surface area (Å²) in [4.78, 5) is 0. The van der Waals surface area contributed by atoms with E-state index < -0.39 is 0 Å². The second-order valence-corrected chi connectivity index (χ2v) is 5.10. The fourth-order valence-electron chi connectivity index (χ4n) is 2.55. The molecule has 0 fully saturated rings. The van der Waals surface area contributed by atoms with Gasteiger partial charge in [-0.3, -0.25) is 0 Å². The quantitative estimate of drug-likeness (QED) is 0.463. The molecule has 0 aliphatic rings. The smallest absolute Gasteiger partial charge is 0.0162 e. The maximum absolute atomic E-state index is 2.30. The molecule has 0 aliphatic heterocycles. The first kappa shape index (κ1) is 14.3. The Morgan fingerprint density at radius 3 is 2.12 bits per heavy atom. The summed E-state index contributed by atoms with van der Waals surface area (Å²) in [6.45, 7) is 4.58. The molecule has 0 radical (unpaired) electrons. The fraction of sp³-hybridized carbons (Fsp3) is 0.647. The summed E-state index contributed by atoms with van der Waals surface area (Å²) >= 11 is 0. The largest absolute Gasteiger partial charge is 0.0654 e. The molecule has 17 heavy (non-hydrogen) atoms. The third-order valence-electron chi connectivity index (χ3n) is 3.56. The molecule has 0 aliphatic carbocycles. The summed E-state index contributed by atoms with van der Waals surface area (Å²) in [6, 6.07) is 11.1. The highest BCUT2D eigenvalue weighted by Crippen LogP contribution is 2.27. The highest BCUT2D eigenvalue weighted by atomic mass is 14.1. The van der Waals surface area contributed by atoms with E-state index in [0.29, 0.717) is 0 Å². The van der Waals surface area contributed by atoms with Crippen molar-refractivity contribution in [2.24, 2.45) is 0 Å². The van der Waals surface area contributed by atoms with E-state index in [1.807, 2.05) is 0 Å². The molecular weight excluding hydrogens is 204 g/mol. The van der Waals surface area contributed by atoms with Gasteiger partial charge in [-0.05, 0) is 24.3 Å². The van der Waals surface area contributed by atoms with Gasteiger partial charge in [-0.25, -0.2) is 0 Å². The van der Waals surface area contributed by atoms with E-state index in [1.54, 1.807) is 5.56 Å². The Morgan fingerprint density at radius 1 is 0.765 bits per heavy atom. The van der Waals surface area contributed by atoms with E-state index in [9.17, 15) is 0 Å². The van der Waals surface area contributed by atoms with Crippen molar-refractivity contribution in [1.29, 1.82) is 0 Å². The molecule has 0 heterocycles. The second-order valence-electron chi connectivity index (χ2n) is 5.10. The second kappa shape index (κ2) is 9.27. The zero-order valence-corrected chi connectivity index (χ0v) is 11.6. The Morgan fingerprint density at radius 2 is 1.47 bits per heavy atom. The predicted molar refractivity (Wildman–Crippen MR) is 77.5 cm³/mol. The Labute approximate surface area is 107 Å². The van der Waals surface area contributed by atoms with Gasteiger partial charge in [-0.2, -0.15) is 0 Å². The van der Waals surface area contributed by atoms with Crippen molar-refractivity contribution in [2.45, 2.75) is 71.1 Å². The molecule has 96 valence electrons. The first-order valence-corrected chi connectivity index (χ1v) is 7.43. The maximum atomic E-state index is 2.30. The Hall–Kier alpha value is -0.780. The van der Waals surface area contributed by atoms with Crippen LogP contribution >= 0.6 is 0 Å². The third kappa shape index (κ3) is 5.91. The van der Waals surface area contributed by atoms with Crippen LogP contribution in [0.4, 0.5) is 0 Å². The normalized spacial score (nSPS) is 12.6. The van der Waals surface area contributed by atoms with Crippen LogP contribution in [0, 0.1) is 0 Å². The summed E-state index contributed by atoms with van der Waals surface area (Å²) < 4.78 is 0. The zero-order valence-electron chi connectivity index (χ0n) is 11.6. The molecule has 0 N–H and O–H groups in total. The van der Waals surface area contributed by atoms with Gasteiger partial charge in [-0.15, -0.1) is 0 Å². The monoisotopic (exact) mass is 232 g/mol. The van der Waals surface area contributed by atoms with E-state index in [0.717, 1.165) is 5.92 Å².